The number of alkyl halides is 1. The van der Waals surface area contributed by atoms with Crippen LogP contribution in [0.15, 0.2) is 41.3 Å². The molecule has 180 valence electrons. The fourth-order valence-electron chi connectivity index (χ4n) is 2.87. The molecule has 0 aliphatic carbocycles. The number of hydrogen-bond acceptors (Lipinski definition) is 9. The van der Waals surface area contributed by atoms with Gasteiger partial charge in [-0.15, -0.1) is 11.8 Å². The van der Waals surface area contributed by atoms with E-state index in [0.717, 1.165) is 19.9 Å². The lowest BCUT2D eigenvalue weighted by atomic mass is 10.1. The lowest BCUT2D eigenvalue weighted by molar-refractivity contribution is -0.138. The smallest absolute Gasteiger partial charge is 0.459 e. The molecule has 11 nitrogen and oxygen atoms in total. The van der Waals surface area contributed by atoms with Crippen molar-refractivity contribution >= 4 is 53.9 Å². The molecule has 3 rings (SSSR count). The van der Waals surface area contributed by atoms with Crippen LogP contribution in [0, 0.1) is 3.57 Å². The molecule has 0 spiro atoms. The Bertz CT molecular complexity index is 1110. The predicted octanol–water partition coefficient (Wildman–Crippen LogP) is 2.01. The van der Waals surface area contributed by atoms with Gasteiger partial charge >= 0.3 is 19.4 Å². The number of carboxylic acid groups (broad SMARTS) is 1. The van der Waals surface area contributed by atoms with E-state index < -0.39 is 55.0 Å². The summed E-state index contributed by atoms with van der Waals surface area (Å²) in [6.07, 6.45) is -2.15. The normalized spacial score (nSPS) is 25.3. The van der Waals surface area contributed by atoms with Gasteiger partial charge in [0.05, 0.1) is 11.9 Å². The first-order valence-electron chi connectivity index (χ1n) is 9.52. The number of rotatable bonds is 9. The summed E-state index contributed by atoms with van der Waals surface area (Å²) in [6, 6.07) is 6.46. The largest absolute Gasteiger partial charge is 0.480 e. The Morgan fingerprint density at radius 3 is 2.70 bits per heavy atom. The van der Waals surface area contributed by atoms with Crippen molar-refractivity contribution in [1.29, 1.82) is 0 Å². The van der Waals surface area contributed by atoms with Gasteiger partial charge in [0, 0.05) is 9.77 Å². The molecule has 0 bridgehead atoms. The highest BCUT2D eigenvalue weighted by Crippen LogP contribution is 2.48. The van der Waals surface area contributed by atoms with E-state index in [-0.39, 0.29) is 11.6 Å². The van der Waals surface area contributed by atoms with E-state index in [9.17, 15) is 28.8 Å². The van der Waals surface area contributed by atoms with Crippen molar-refractivity contribution in [2.75, 3.05) is 12.3 Å². The third-order valence-corrected chi connectivity index (χ3v) is 8.48. The Morgan fingerprint density at radius 2 is 2.09 bits per heavy atom. The number of thioether (sulfide) groups is 1. The maximum absolute atomic E-state index is 14.8. The zero-order chi connectivity index (χ0) is 24.3. The van der Waals surface area contributed by atoms with Gasteiger partial charge in [-0.1, -0.05) is 0 Å². The second kappa shape index (κ2) is 10.7. The first kappa shape index (κ1) is 25.9. The van der Waals surface area contributed by atoms with Gasteiger partial charge in [0.25, 0.3) is 0 Å². The number of aromatic nitrogens is 2. The number of nitrogens with one attached hydrogen (secondary N) is 1. The number of nitrogens with zero attached hydrogens (tertiary/aromatic N) is 2. The van der Waals surface area contributed by atoms with E-state index in [1.54, 1.807) is 12.1 Å². The highest BCUT2D eigenvalue weighted by atomic mass is 127. The standard InChI is InChI=1S/C18H21FIN4O7PS/c1-9(17(26)27)23-32(29,31-11-4-2-10(20)3-5-11)30-8-12-15(25)14(19)16(33-12)24-7-6-13(21)22-18(24)28/h2-7,9,12,14-16,25H,8H2,1H3,(H,23,29)(H,26,27)(H2,21,22,28)/t9?,12-,14+,15-,16-,32?/m1/s1. The van der Waals surface area contributed by atoms with E-state index in [0.29, 0.717) is 0 Å². The fourth-order valence-corrected chi connectivity index (χ4v) is 6.27. The topological polar surface area (TPSA) is 166 Å². The Morgan fingerprint density at radius 1 is 1.42 bits per heavy atom. The van der Waals surface area contributed by atoms with Crippen LogP contribution in [0.25, 0.3) is 0 Å². The van der Waals surface area contributed by atoms with Gasteiger partial charge in [0.2, 0.25) is 0 Å². The maximum atomic E-state index is 14.8. The first-order chi connectivity index (χ1) is 15.5. The molecule has 1 aromatic carbocycles. The van der Waals surface area contributed by atoms with Gasteiger partial charge in [-0.3, -0.25) is 13.9 Å². The number of anilines is 1. The summed E-state index contributed by atoms with van der Waals surface area (Å²) in [6.45, 7) is 0.795. The minimum absolute atomic E-state index is 0.0256. The average Bonchev–Trinajstić information content (AvgIpc) is 3.02. The highest BCUT2D eigenvalue weighted by Gasteiger charge is 2.46. The number of hydrogen-bond donors (Lipinski definition) is 4. The molecule has 0 saturated carbocycles. The SMILES string of the molecule is CC(NP(=O)(OC[C@H]1S[C@@H](n2ccc(N)nc2=O)[C@@H](F)[C@@H]1O)Oc1ccc(I)cc1)C(=O)O. The van der Waals surface area contributed by atoms with Crippen LogP contribution in [0.4, 0.5) is 10.2 Å². The van der Waals surface area contributed by atoms with Crippen LogP contribution in [0.1, 0.15) is 12.3 Å². The van der Waals surface area contributed by atoms with E-state index in [1.165, 1.54) is 31.3 Å². The molecule has 5 N–H and O–H groups in total. The molecule has 2 heterocycles. The average molecular weight is 614 g/mol. The lowest BCUT2D eigenvalue weighted by Crippen LogP contribution is -2.36. The van der Waals surface area contributed by atoms with Crippen LogP contribution in [-0.2, 0) is 13.9 Å². The number of nitrogen functional groups attached to an aromatic ring is 1. The van der Waals surface area contributed by atoms with Gasteiger partial charge in [-0.2, -0.15) is 10.1 Å². The highest BCUT2D eigenvalue weighted by molar-refractivity contribution is 14.1. The van der Waals surface area contributed by atoms with Gasteiger partial charge < -0.3 is 20.5 Å². The number of aliphatic hydroxyl groups is 1. The molecular formula is C18H21FIN4O7PS. The molecule has 1 aromatic heterocycles. The number of aliphatic hydroxyl groups excluding tert-OH is 1. The molecule has 1 aliphatic rings. The molecule has 2 aromatic rings. The van der Waals surface area contributed by atoms with Gasteiger partial charge in [-0.05, 0) is 59.8 Å². The van der Waals surface area contributed by atoms with E-state index in [1.807, 2.05) is 0 Å². The summed E-state index contributed by atoms with van der Waals surface area (Å²) in [5, 5.41) is 19.8. The van der Waals surface area contributed by atoms with Gasteiger partial charge in [-0.25, -0.2) is 13.8 Å². The second-order valence-corrected chi connectivity index (χ2v) is 11.4. The quantitative estimate of drug-likeness (QED) is 0.241. The molecule has 15 heteroatoms. The van der Waals surface area contributed by atoms with Crippen LogP contribution in [0.2, 0.25) is 0 Å². The number of carboxylic acids is 1. The zero-order valence-electron chi connectivity index (χ0n) is 17.1. The maximum Gasteiger partial charge on any atom is 0.459 e. The molecule has 1 saturated heterocycles. The summed E-state index contributed by atoms with van der Waals surface area (Å²) < 4.78 is 40.8. The number of carbonyl (C=O) groups is 1. The van der Waals surface area contributed by atoms with E-state index >= 15 is 0 Å². The second-order valence-electron chi connectivity index (χ2n) is 7.07. The monoisotopic (exact) mass is 614 g/mol. The lowest BCUT2D eigenvalue weighted by Gasteiger charge is -2.24. The van der Waals surface area contributed by atoms with Gasteiger partial charge in [0.15, 0.2) is 6.17 Å². The molecule has 0 amide bonds. The molecule has 1 fully saturated rings. The summed E-state index contributed by atoms with van der Waals surface area (Å²) in [4.78, 5) is 26.9. The minimum Gasteiger partial charge on any atom is -0.480 e. The fraction of sp³-hybridized carbons (Fsp3) is 0.389. The third kappa shape index (κ3) is 6.45. The van der Waals surface area contributed by atoms with Crippen molar-refractivity contribution in [3.8, 4) is 5.75 Å². The minimum atomic E-state index is -4.25. The van der Waals surface area contributed by atoms with Crippen molar-refractivity contribution in [2.45, 2.75) is 35.9 Å². The molecular weight excluding hydrogens is 593 g/mol. The van der Waals surface area contributed by atoms with Crippen LogP contribution < -0.4 is 21.0 Å². The van der Waals surface area contributed by atoms with Crippen LogP contribution in [-0.4, -0.2) is 55.9 Å². The Hall–Kier alpha value is -1.71. The number of benzene rings is 1. The summed E-state index contributed by atoms with van der Waals surface area (Å²) in [5.74, 6) is -1.16. The Kier molecular flexibility index (Phi) is 8.40. The summed E-state index contributed by atoms with van der Waals surface area (Å²) in [7, 11) is -4.25. The van der Waals surface area contributed by atoms with E-state index in [2.05, 4.69) is 32.7 Å². The van der Waals surface area contributed by atoms with Crippen LogP contribution in [0.5, 0.6) is 5.75 Å². The van der Waals surface area contributed by atoms with Crippen LogP contribution >= 0.6 is 42.1 Å². The van der Waals surface area contributed by atoms with Crippen molar-refractivity contribution in [3.63, 3.8) is 0 Å². The van der Waals surface area contributed by atoms with Crippen molar-refractivity contribution in [2.24, 2.45) is 0 Å². The van der Waals surface area contributed by atoms with E-state index in [4.69, 9.17) is 14.8 Å². The summed E-state index contributed by atoms with van der Waals surface area (Å²) in [5.41, 5.74) is 4.67. The number of nitrogens with two attached hydrogens (primary N) is 1. The molecule has 1 aliphatic heterocycles. The third-order valence-electron chi connectivity index (χ3n) is 4.59. The number of halogens is 2. The Balaban J connectivity index is 1.76. The molecule has 0 radical (unpaired) electrons. The molecule has 6 atom stereocenters. The van der Waals surface area contributed by atoms with Crippen molar-refractivity contribution in [3.05, 3.63) is 50.6 Å². The predicted molar refractivity (Wildman–Crippen MR) is 128 cm³/mol. The zero-order valence-corrected chi connectivity index (χ0v) is 20.9. The number of aliphatic carboxylic acids is 1. The van der Waals surface area contributed by atoms with Crippen molar-refractivity contribution in [1.82, 2.24) is 14.6 Å². The van der Waals surface area contributed by atoms with Gasteiger partial charge in [0.1, 0.15) is 29.1 Å². The Labute approximate surface area is 205 Å². The molecule has 2 unspecified atom stereocenters. The van der Waals surface area contributed by atoms with Crippen LogP contribution in [0.3, 0.4) is 0 Å². The molecule has 33 heavy (non-hydrogen) atoms. The van der Waals surface area contributed by atoms with Crippen molar-refractivity contribution < 1.29 is 33.0 Å². The summed E-state index contributed by atoms with van der Waals surface area (Å²) >= 11 is 2.95. The first-order valence-corrected chi connectivity index (χ1v) is 13.1.